The van der Waals surface area contributed by atoms with Crippen LogP contribution in [-0.2, 0) is 19.3 Å². The van der Waals surface area contributed by atoms with Crippen molar-refractivity contribution in [3.63, 3.8) is 0 Å². The normalized spacial score (nSPS) is 26.5. The summed E-state index contributed by atoms with van der Waals surface area (Å²) in [4.78, 5) is 13.0. The van der Waals surface area contributed by atoms with Gasteiger partial charge in [-0.15, -0.1) is 6.42 Å². The van der Waals surface area contributed by atoms with Crippen LogP contribution >= 0.6 is 11.6 Å². The van der Waals surface area contributed by atoms with Gasteiger partial charge in [-0.1, -0.05) is 37.0 Å². The number of hydrogen-bond acceptors (Lipinski definition) is 10. The number of anilines is 1. The van der Waals surface area contributed by atoms with Gasteiger partial charge < -0.3 is 25.0 Å². The minimum absolute atomic E-state index is 0.0274. The molecule has 11 nitrogen and oxygen atoms in total. The Kier molecular flexibility index (Phi) is 7.10. The summed E-state index contributed by atoms with van der Waals surface area (Å²) in [5, 5.41) is 25.4. The van der Waals surface area contributed by atoms with Crippen LogP contribution in [0.4, 0.5) is 5.82 Å². The highest BCUT2D eigenvalue weighted by molar-refractivity contribution is 7.91. The Hall–Kier alpha value is -2.79. The van der Waals surface area contributed by atoms with E-state index in [1.807, 2.05) is 0 Å². The first-order valence-corrected chi connectivity index (χ1v) is 13.8. The van der Waals surface area contributed by atoms with Gasteiger partial charge in [0.25, 0.3) is 0 Å². The monoisotopic (exact) mass is 547 g/mol. The van der Waals surface area contributed by atoms with Gasteiger partial charge in [-0.3, -0.25) is 4.57 Å². The van der Waals surface area contributed by atoms with E-state index in [2.05, 4.69) is 26.2 Å². The van der Waals surface area contributed by atoms with Gasteiger partial charge in [0, 0.05) is 6.04 Å². The highest BCUT2D eigenvalue weighted by Gasteiger charge is 2.55. The van der Waals surface area contributed by atoms with Gasteiger partial charge in [-0.05, 0) is 36.6 Å². The van der Waals surface area contributed by atoms with Gasteiger partial charge in [0.15, 0.2) is 34.7 Å². The molecule has 3 heterocycles. The highest BCUT2D eigenvalue weighted by Crippen LogP contribution is 2.39. The quantitative estimate of drug-likeness (QED) is 0.282. The van der Waals surface area contributed by atoms with Crippen molar-refractivity contribution in [1.82, 2.24) is 19.5 Å². The fraction of sp³-hybridized carbons (Fsp3) is 0.458. The smallest absolute Gasteiger partial charge is 0.226 e. The number of nitrogens with one attached hydrogen (secondary N) is 1. The molecule has 2 fully saturated rings. The number of sulfone groups is 1. The number of nitrogens with zero attached hydrogens (tertiary/aromatic N) is 4. The van der Waals surface area contributed by atoms with Crippen molar-refractivity contribution in [2.24, 2.45) is 0 Å². The molecule has 3 N–H and O–H groups in total. The lowest BCUT2D eigenvalue weighted by molar-refractivity contribution is -0.0715. The van der Waals surface area contributed by atoms with Crippen molar-refractivity contribution < 1.29 is 28.1 Å². The van der Waals surface area contributed by atoms with Gasteiger partial charge in [0.1, 0.15) is 12.2 Å². The third-order valence-electron chi connectivity index (χ3n) is 6.72. The third-order valence-corrected chi connectivity index (χ3v) is 8.36. The van der Waals surface area contributed by atoms with E-state index >= 15 is 0 Å². The van der Waals surface area contributed by atoms with Crippen LogP contribution in [0.25, 0.3) is 11.2 Å². The molecule has 0 bridgehead atoms. The average molecular weight is 548 g/mol. The Bertz CT molecular complexity index is 1420. The lowest BCUT2D eigenvalue weighted by Crippen LogP contribution is -2.48. The third kappa shape index (κ3) is 4.90. The maximum absolute atomic E-state index is 12.5. The molecular formula is C24H26ClN5O6S. The van der Waals surface area contributed by atoms with Crippen LogP contribution in [0.1, 0.15) is 31.9 Å². The number of imidazole rings is 1. The van der Waals surface area contributed by atoms with E-state index in [0.717, 1.165) is 25.7 Å². The maximum atomic E-state index is 12.5. The highest BCUT2D eigenvalue weighted by atomic mass is 35.5. The van der Waals surface area contributed by atoms with Gasteiger partial charge in [-0.25, -0.2) is 13.4 Å². The van der Waals surface area contributed by atoms with Crippen molar-refractivity contribution in [2.75, 3.05) is 17.9 Å². The Morgan fingerprint density at radius 1 is 1.27 bits per heavy atom. The lowest BCUT2D eigenvalue weighted by Gasteiger charge is -2.25. The Morgan fingerprint density at radius 3 is 2.70 bits per heavy atom. The van der Waals surface area contributed by atoms with E-state index in [-0.39, 0.29) is 21.9 Å². The largest absolute Gasteiger partial charge is 0.384 e. The Labute approximate surface area is 218 Å². The van der Waals surface area contributed by atoms with Gasteiger partial charge in [0.2, 0.25) is 15.1 Å². The lowest BCUT2D eigenvalue weighted by atomic mass is 9.93. The Balaban J connectivity index is 1.36. The van der Waals surface area contributed by atoms with Crippen LogP contribution in [-0.4, -0.2) is 74.5 Å². The molecule has 5 rings (SSSR count). The molecule has 2 aliphatic rings. The number of ether oxygens (including phenoxy) is 2. The summed E-state index contributed by atoms with van der Waals surface area (Å²) in [7, 11) is -3.74. The molecule has 1 aromatic carbocycles. The first kappa shape index (κ1) is 25.8. The second-order valence-corrected chi connectivity index (χ2v) is 11.4. The molecule has 4 atom stereocenters. The number of aromatic nitrogens is 4. The van der Waals surface area contributed by atoms with Crippen LogP contribution in [0.5, 0.6) is 0 Å². The van der Waals surface area contributed by atoms with Crippen LogP contribution in [0, 0.1) is 12.3 Å². The van der Waals surface area contributed by atoms with Gasteiger partial charge in [-0.2, -0.15) is 9.97 Å². The van der Waals surface area contributed by atoms with E-state index in [0.29, 0.717) is 11.3 Å². The Morgan fingerprint density at radius 2 is 2.00 bits per heavy atom. The van der Waals surface area contributed by atoms with Crippen molar-refractivity contribution in [3.8, 4) is 12.3 Å². The van der Waals surface area contributed by atoms with Crippen LogP contribution in [0.2, 0.25) is 5.28 Å². The molecule has 0 spiro atoms. The summed E-state index contributed by atoms with van der Waals surface area (Å²) < 4.78 is 37.7. The molecule has 0 amide bonds. The fourth-order valence-electron chi connectivity index (χ4n) is 4.72. The molecule has 1 aliphatic carbocycles. The molecule has 1 saturated heterocycles. The standard InChI is InChI=1S/C24H26ClN5O6S/c1-2-24(32)17(12-35-14-37(33,34)16-10-4-3-5-11-16)36-22(19(24)31)30-13-26-18-20(27-15-8-6-7-9-15)28-23(25)29-21(18)30/h1,3-5,10-11,13,15,17,19,22,31-32H,6-9,12,14H2,(H,27,28,29)/t17-,19+,22-,24-/m1/s1. The number of fused-ring (bicyclic) bond motifs is 1. The van der Waals surface area contributed by atoms with Gasteiger partial charge >= 0.3 is 0 Å². The summed E-state index contributed by atoms with van der Waals surface area (Å²) >= 11 is 6.19. The second-order valence-electron chi connectivity index (χ2n) is 9.14. The first-order valence-electron chi connectivity index (χ1n) is 11.8. The molecule has 1 saturated carbocycles. The average Bonchev–Trinajstić information content (AvgIpc) is 3.60. The van der Waals surface area contributed by atoms with Crippen molar-refractivity contribution >= 4 is 38.4 Å². The number of terminal acetylenes is 1. The van der Waals surface area contributed by atoms with Gasteiger partial charge in [0.05, 0.1) is 17.8 Å². The molecule has 196 valence electrons. The number of halogens is 1. The SMILES string of the molecule is C#C[C@@]1(O)[C@@H](COCS(=O)(=O)c2ccccc2)O[C@@H](n2cnc3c(NC4CCCC4)nc(Cl)nc32)[C@@H]1O. The number of hydrogen-bond donors (Lipinski definition) is 3. The zero-order valence-electron chi connectivity index (χ0n) is 19.7. The topological polar surface area (TPSA) is 149 Å². The van der Waals surface area contributed by atoms with E-state index in [1.165, 1.54) is 23.0 Å². The van der Waals surface area contributed by atoms with E-state index < -0.39 is 46.4 Å². The molecule has 37 heavy (non-hydrogen) atoms. The predicted molar refractivity (Wildman–Crippen MR) is 134 cm³/mol. The fourth-order valence-corrected chi connectivity index (χ4v) is 5.91. The maximum Gasteiger partial charge on any atom is 0.226 e. The summed E-state index contributed by atoms with van der Waals surface area (Å²) in [6, 6.07) is 8.06. The zero-order valence-corrected chi connectivity index (χ0v) is 21.3. The minimum Gasteiger partial charge on any atom is -0.384 e. The number of aliphatic hydroxyl groups is 2. The summed E-state index contributed by atoms with van der Waals surface area (Å²) in [5.74, 6) is 1.98. The molecule has 0 unspecified atom stereocenters. The van der Waals surface area contributed by atoms with E-state index in [1.54, 1.807) is 18.2 Å². The molecule has 13 heteroatoms. The molecule has 0 radical (unpaired) electrons. The summed E-state index contributed by atoms with van der Waals surface area (Å²) in [6.07, 6.45) is 7.17. The first-order chi connectivity index (χ1) is 17.7. The number of rotatable bonds is 8. The van der Waals surface area contributed by atoms with E-state index in [9.17, 15) is 18.6 Å². The van der Waals surface area contributed by atoms with Crippen molar-refractivity contribution in [3.05, 3.63) is 41.9 Å². The molecular weight excluding hydrogens is 522 g/mol. The summed E-state index contributed by atoms with van der Waals surface area (Å²) in [6.45, 7) is -0.392. The van der Waals surface area contributed by atoms with Crippen molar-refractivity contribution in [1.29, 1.82) is 0 Å². The van der Waals surface area contributed by atoms with Crippen LogP contribution in [0.3, 0.4) is 0 Å². The predicted octanol–water partition coefficient (Wildman–Crippen LogP) is 1.90. The number of benzene rings is 1. The summed E-state index contributed by atoms with van der Waals surface area (Å²) in [5.41, 5.74) is -1.47. The second kappa shape index (κ2) is 10.2. The van der Waals surface area contributed by atoms with Crippen molar-refractivity contribution in [2.45, 2.75) is 60.7 Å². The molecule has 1 aliphatic heterocycles. The molecule has 2 aromatic heterocycles. The number of aliphatic hydroxyl groups excluding tert-OH is 1. The molecule has 3 aromatic rings. The zero-order chi connectivity index (χ0) is 26.2. The minimum atomic E-state index is -3.74. The van der Waals surface area contributed by atoms with Crippen LogP contribution in [0.15, 0.2) is 41.6 Å². The van der Waals surface area contributed by atoms with Crippen LogP contribution < -0.4 is 5.32 Å². The van der Waals surface area contributed by atoms with E-state index in [4.69, 9.17) is 27.5 Å².